The summed E-state index contributed by atoms with van der Waals surface area (Å²) < 4.78 is 18.4. The van der Waals surface area contributed by atoms with E-state index in [0.717, 1.165) is 57.2 Å². The Labute approximate surface area is 199 Å². The molecule has 0 unspecified atom stereocenters. The van der Waals surface area contributed by atoms with Crippen molar-refractivity contribution in [2.75, 3.05) is 46.5 Å². The van der Waals surface area contributed by atoms with Crippen molar-refractivity contribution in [3.05, 3.63) is 54.1 Å². The second-order valence-electron chi connectivity index (χ2n) is 6.93. The normalized spacial score (nSPS) is 13.7. The number of hydrogen-bond donors (Lipinski definition) is 1. The molecule has 2 heterocycles. The van der Waals surface area contributed by atoms with Crippen molar-refractivity contribution in [1.82, 2.24) is 30.4 Å². The Kier molecular flexibility index (Phi) is 10.6. The quantitative estimate of drug-likeness (QED) is 0.465. The van der Waals surface area contributed by atoms with Crippen LogP contribution in [0.5, 0.6) is 17.5 Å². The van der Waals surface area contributed by atoms with Crippen molar-refractivity contribution in [3.8, 4) is 23.2 Å². The topological polar surface area (TPSA) is 86.6 Å². The number of aromatic nitrogens is 4. The Hall–Kier alpha value is -2.43. The van der Waals surface area contributed by atoms with E-state index >= 15 is 0 Å². The SMILES string of the molecule is COc1cc(CNCCN2CCOCC2)ccc1Oc1nnnn1-c1ccccc1.Cl.Cl. The second kappa shape index (κ2) is 13.2. The van der Waals surface area contributed by atoms with Gasteiger partial charge in [0.1, 0.15) is 0 Å². The number of halogens is 2. The summed E-state index contributed by atoms with van der Waals surface area (Å²) in [5.41, 5.74) is 1.93. The van der Waals surface area contributed by atoms with E-state index in [1.807, 2.05) is 48.5 Å². The van der Waals surface area contributed by atoms with Gasteiger partial charge in [-0.2, -0.15) is 4.68 Å². The molecule has 0 spiro atoms. The van der Waals surface area contributed by atoms with E-state index in [4.69, 9.17) is 14.2 Å². The van der Waals surface area contributed by atoms with E-state index < -0.39 is 0 Å². The number of nitrogens with zero attached hydrogens (tertiary/aromatic N) is 5. The van der Waals surface area contributed by atoms with Gasteiger partial charge in [-0.1, -0.05) is 29.4 Å². The van der Waals surface area contributed by atoms with Gasteiger partial charge >= 0.3 is 6.01 Å². The van der Waals surface area contributed by atoms with Crippen LogP contribution in [0.2, 0.25) is 0 Å². The van der Waals surface area contributed by atoms with E-state index in [2.05, 4.69) is 25.7 Å². The predicted molar refractivity (Wildman–Crippen MR) is 126 cm³/mol. The van der Waals surface area contributed by atoms with Crippen LogP contribution in [-0.2, 0) is 11.3 Å². The third-order valence-electron chi connectivity index (χ3n) is 4.91. The number of morpholine rings is 1. The van der Waals surface area contributed by atoms with Gasteiger partial charge in [-0.15, -0.1) is 24.8 Å². The second-order valence-corrected chi connectivity index (χ2v) is 6.93. The molecule has 0 amide bonds. The fourth-order valence-corrected chi connectivity index (χ4v) is 3.27. The third-order valence-corrected chi connectivity index (χ3v) is 4.91. The van der Waals surface area contributed by atoms with Crippen molar-refractivity contribution in [3.63, 3.8) is 0 Å². The maximum atomic E-state index is 5.95. The average molecular weight is 483 g/mol. The molecule has 3 aromatic rings. The van der Waals surface area contributed by atoms with Crippen molar-refractivity contribution >= 4 is 24.8 Å². The largest absolute Gasteiger partial charge is 0.493 e. The first-order chi connectivity index (χ1) is 14.8. The van der Waals surface area contributed by atoms with Crippen LogP contribution in [0.4, 0.5) is 0 Å². The van der Waals surface area contributed by atoms with E-state index in [9.17, 15) is 0 Å². The molecule has 174 valence electrons. The van der Waals surface area contributed by atoms with Gasteiger partial charge in [-0.05, 0) is 40.3 Å². The Bertz CT molecular complexity index is 938. The molecule has 0 saturated carbocycles. The molecule has 0 atom stereocenters. The Balaban J connectivity index is 0.00000181. The number of benzene rings is 2. The molecule has 1 aromatic heterocycles. The van der Waals surface area contributed by atoms with Crippen molar-refractivity contribution in [2.24, 2.45) is 0 Å². The maximum Gasteiger partial charge on any atom is 0.346 e. The van der Waals surface area contributed by atoms with Crippen LogP contribution in [0.1, 0.15) is 5.56 Å². The van der Waals surface area contributed by atoms with E-state index in [-0.39, 0.29) is 30.8 Å². The van der Waals surface area contributed by atoms with Crippen LogP contribution in [0.3, 0.4) is 0 Å². The van der Waals surface area contributed by atoms with Crippen molar-refractivity contribution in [2.45, 2.75) is 6.54 Å². The summed E-state index contributed by atoms with van der Waals surface area (Å²) in [6.07, 6.45) is 0. The lowest BCUT2D eigenvalue weighted by atomic mass is 10.2. The molecular weight excluding hydrogens is 455 g/mol. The van der Waals surface area contributed by atoms with E-state index in [0.29, 0.717) is 11.5 Å². The fourth-order valence-electron chi connectivity index (χ4n) is 3.27. The molecule has 0 bridgehead atoms. The molecule has 1 saturated heterocycles. The van der Waals surface area contributed by atoms with E-state index in [1.165, 1.54) is 0 Å². The Morgan fingerprint density at radius 3 is 2.56 bits per heavy atom. The van der Waals surface area contributed by atoms with Crippen LogP contribution < -0.4 is 14.8 Å². The monoisotopic (exact) mass is 482 g/mol. The molecule has 1 aliphatic rings. The highest BCUT2D eigenvalue weighted by Gasteiger charge is 2.14. The van der Waals surface area contributed by atoms with Crippen molar-refractivity contribution < 1.29 is 14.2 Å². The van der Waals surface area contributed by atoms with Gasteiger partial charge in [0.05, 0.1) is 26.0 Å². The first kappa shape index (κ1) is 25.8. The highest BCUT2D eigenvalue weighted by atomic mass is 35.5. The standard InChI is InChI=1S/C21H26N6O3.2ClH/c1-28-20-15-17(16-22-9-10-26-11-13-29-14-12-26)7-8-19(20)30-21-23-24-25-27(21)18-5-3-2-4-6-18;;/h2-8,15,22H,9-14,16H2,1H3;2*1H. The highest BCUT2D eigenvalue weighted by molar-refractivity contribution is 5.85. The zero-order valence-electron chi connectivity index (χ0n) is 17.8. The predicted octanol–water partition coefficient (Wildman–Crippen LogP) is 2.73. The maximum absolute atomic E-state index is 5.95. The number of hydrogen-bond acceptors (Lipinski definition) is 8. The summed E-state index contributed by atoms with van der Waals surface area (Å²) in [5.74, 6) is 1.19. The first-order valence-electron chi connectivity index (χ1n) is 10.0. The first-order valence-corrected chi connectivity index (χ1v) is 10.0. The number of nitrogens with one attached hydrogen (secondary N) is 1. The van der Waals surface area contributed by atoms with Gasteiger partial charge < -0.3 is 19.5 Å². The summed E-state index contributed by atoms with van der Waals surface area (Å²) >= 11 is 0. The highest BCUT2D eigenvalue weighted by Crippen LogP contribution is 2.32. The van der Waals surface area contributed by atoms with Gasteiger partial charge in [0.25, 0.3) is 0 Å². The molecule has 32 heavy (non-hydrogen) atoms. The molecule has 11 heteroatoms. The molecule has 1 N–H and O–H groups in total. The van der Waals surface area contributed by atoms with Gasteiger partial charge in [0, 0.05) is 32.7 Å². The molecule has 9 nitrogen and oxygen atoms in total. The minimum absolute atomic E-state index is 0. The zero-order valence-corrected chi connectivity index (χ0v) is 19.5. The molecule has 0 aliphatic carbocycles. The van der Waals surface area contributed by atoms with Gasteiger partial charge in [-0.25, -0.2) is 0 Å². The van der Waals surface area contributed by atoms with Crippen molar-refractivity contribution in [1.29, 1.82) is 0 Å². The molecule has 2 aromatic carbocycles. The fraction of sp³-hybridized carbons (Fsp3) is 0.381. The Morgan fingerprint density at radius 2 is 1.81 bits per heavy atom. The summed E-state index contributed by atoms with van der Waals surface area (Å²) in [4.78, 5) is 2.41. The summed E-state index contributed by atoms with van der Waals surface area (Å²) in [7, 11) is 1.62. The summed E-state index contributed by atoms with van der Waals surface area (Å²) in [6.45, 7) is 6.35. The lowest BCUT2D eigenvalue weighted by Crippen LogP contribution is -2.40. The molecule has 1 aliphatic heterocycles. The molecule has 4 rings (SSSR count). The van der Waals surface area contributed by atoms with Crippen LogP contribution in [0.25, 0.3) is 5.69 Å². The number of rotatable bonds is 9. The van der Waals surface area contributed by atoms with Crippen LogP contribution in [0.15, 0.2) is 48.5 Å². The minimum Gasteiger partial charge on any atom is -0.493 e. The lowest BCUT2D eigenvalue weighted by molar-refractivity contribution is 0.0384. The minimum atomic E-state index is 0. The Morgan fingerprint density at radius 1 is 1.03 bits per heavy atom. The lowest BCUT2D eigenvalue weighted by Gasteiger charge is -2.26. The third kappa shape index (κ3) is 6.78. The number of ether oxygens (including phenoxy) is 3. The number of methoxy groups -OCH3 is 1. The zero-order chi connectivity index (χ0) is 20.6. The van der Waals surface area contributed by atoms with Crippen LogP contribution in [-0.4, -0.2) is 71.6 Å². The van der Waals surface area contributed by atoms with Crippen LogP contribution in [0, 0.1) is 0 Å². The number of para-hydroxylation sites is 1. The molecular formula is C21H28Cl2N6O3. The molecule has 1 fully saturated rings. The molecule has 0 radical (unpaired) electrons. The van der Waals surface area contributed by atoms with Gasteiger partial charge in [0.15, 0.2) is 11.5 Å². The van der Waals surface area contributed by atoms with E-state index in [1.54, 1.807) is 11.8 Å². The van der Waals surface area contributed by atoms with Crippen LogP contribution >= 0.6 is 24.8 Å². The van der Waals surface area contributed by atoms with Gasteiger partial charge in [0.2, 0.25) is 0 Å². The summed E-state index contributed by atoms with van der Waals surface area (Å²) in [5, 5.41) is 15.2. The summed E-state index contributed by atoms with van der Waals surface area (Å²) in [6, 6.07) is 15.7. The number of tetrazole rings is 1. The average Bonchev–Trinajstić information content (AvgIpc) is 3.27. The van der Waals surface area contributed by atoms with Gasteiger partial charge in [-0.3, -0.25) is 4.90 Å². The smallest absolute Gasteiger partial charge is 0.346 e.